The molecule has 6 aromatic carbocycles. The van der Waals surface area contributed by atoms with Crippen LogP contribution in [0.15, 0.2) is 182 Å². The number of allylic oxidation sites excluding steroid dienone is 4. The Morgan fingerprint density at radius 2 is 0.711 bits per heavy atom. The molecule has 0 fully saturated rings. The van der Waals surface area contributed by atoms with Gasteiger partial charge in [0.15, 0.2) is 14.3 Å². The topological polar surface area (TPSA) is 91.5 Å². The van der Waals surface area contributed by atoms with Gasteiger partial charge in [-0.1, -0.05) is 198 Å². The summed E-state index contributed by atoms with van der Waals surface area (Å²) in [6, 6.07) is 60.9. The van der Waals surface area contributed by atoms with Crippen LogP contribution in [-0.2, 0) is 22.0 Å². The fraction of sp³-hybridized carbons (Fsp3) is 0.176. The van der Waals surface area contributed by atoms with Crippen LogP contribution in [0.5, 0.6) is 0 Å². The van der Waals surface area contributed by atoms with Gasteiger partial charge in [0.25, 0.3) is 0 Å². The molecule has 0 saturated heterocycles. The monoisotopic (exact) mass is 1030 g/mol. The number of hydrogen-bond acceptors (Lipinski definition) is 4. The number of aryl methyl sites for hydroxylation is 4. The molecule has 8 bridgehead atoms. The quantitative estimate of drug-likeness (QED) is 0.119. The van der Waals surface area contributed by atoms with Crippen LogP contribution in [0.4, 0.5) is 0 Å². The van der Waals surface area contributed by atoms with Crippen molar-refractivity contribution in [2.45, 2.75) is 81.1 Å². The molecule has 3 aromatic heterocycles. The zero-order valence-corrected chi connectivity index (χ0v) is 46.5. The number of benzene rings is 6. The van der Waals surface area contributed by atoms with Gasteiger partial charge in [-0.25, -0.2) is 9.97 Å². The SMILES string of the molecule is CCC1=C(C)c2nc1cc1[nH]c(c(C)c1CC)c(-c1ccccc1P(=O)(c1ccccc1)c1ccccc1)c1[nH]c(cc3nc(c2-c2ccccc2P(=O)(c2ccccc2)c2ccccc2)C(C)=C3CC)c(CC)c1C. The molecule has 8 heteroatoms. The maximum Gasteiger partial charge on any atom is 0.171 e. The minimum absolute atomic E-state index is 0.746. The summed E-state index contributed by atoms with van der Waals surface area (Å²) in [4.78, 5) is 19.6. The minimum Gasteiger partial charge on any atom is -0.354 e. The standard InChI is InChI=1S/C68H64N4O2P2/c1-9-51-43(5)65-63(55-37-25-27-39-61(55)75(73,47-29-17-13-18-30-47)48-31-19-14-20-32-48)66-45(7)53(11-3)59(71-66)42-60-54(12-4)46(8)68(72-60)64(67-44(6)52(10-2)58(70-67)41-57(51)69-65)56-38-26-28-40-62(56)76(74,49-33-21-15-22-34-49)50-35-23-16-24-36-50/h13-42,69,71H,9-12H2,1-8H3. The van der Waals surface area contributed by atoms with E-state index in [1.54, 1.807) is 0 Å². The molecule has 0 spiro atoms. The van der Waals surface area contributed by atoms with E-state index in [2.05, 4.69) is 114 Å². The maximum absolute atomic E-state index is 16.6. The van der Waals surface area contributed by atoms with Crippen LogP contribution in [0.2, 0.25) is 0 Å². The molecule has 2 aliphatic rings. The van der Waals surface area contributed by atoms with E-state index >= 15 is 9.13 Å². The predicted octanol–water partition coefficient (Wildman–Crippen LogP) is 15.4. The largest absolute Gasteiger partial charge is 0.354 e. The molecule has 0 radical (unpaired) electrons. The highest BCUT2D eigenvalue weighted by Crippen LogP contribution is 2.51. The van der Waals surface area contributed by atoms with Crippen molar-refractivity contribution in [2.75, 3.05) is 0 Å². The number of rotatable bonds is 12. The lowest BCUT2D eigenvalue weighted by molar-refractivity contribution is 0.591. The number of hydrogen-bond donors (Lipinski definition) is 2. The van der Waals surface area contributed by atoms with Crippen molar-refractivity contribution in [3.05, 3.63) is 227 Å². The normalized spacial score (nSPS) is 12.9. The molecule has 0 saturated carbocycles. The van der Waals surface area contributed by atoms with Crippen molar-refractivity contribution in [3.8, 4) is 22.3 Å². The Balaban J connectivity index is 1.32. The minimum atomic E-state index is -3.49. The van der Waals surface area contributed by atoms with Crippen LogP contribution in [0.1, 0.15) is 99.4 Å². The summed E-state index contributed by atoms with van der Waals surface area (Å²) < 4.78 is 33.1. The van der Waals surface area contributed by atoms with Gasteiger partial charge in [-0.2, -0.15) is 0 Å². The molecule has 378 valence electrons. The first kappa shape index (κ1) is 50.5. The highest BCUT2D eigenvalue weighted by atomic mass is 31.2. The molecular weight excluding hydrogens is 967 g/mol. The number of aromatic nitrogens is 4. The van der Waals surface area contributed by atoms with Gasteiger partial charge >= 0.3 is 0 Å². The summed E-state index contributed by atoms with van der Waals surface area (Å²) in [6.07, 6.45) is 3.03. The van der Waals surface area contributed by atoms with Gasteiger partial charge in [0, 0.05) is 54.0 Å². The van der Waals surface area contributed by atoms with E-state index in [0.717, 1.165) is 158 Å². The summed E-state index contributed by atoms with van der Waals surface area (Å²) in [5.41, 5.74) is 20.0. The Morgan fingerprint density at radius 1 is 0.395 bits per heavy atom. The van der Waals surface area contributed by atoms with Crippen molar-refractivity contribution in [2.24, 2.45) is 0 Å². The van der Waals surface area contributed by atoms with Crippen molar-refractivity contribution in [1.82, 2.24) is 19.9 Å². The van der Waals surface area contributed by atoms with E-state index in [9.17, 15) is 0 Å². The Kier molecular flexibility index (Phi) is 13.6. The van der Waals surface area contributed by atoms with Gasteiger partial charge in [0.05, 0.1) is 33.8 Å². The van der Waals surface area contributed by atoms with Crippen molar-refractivity contribution >= 4 is 90.5 Å². The second-order valence-corrected chi connectivity index (χ2v) is 25.4. The molecule has 5 heterocycles. The molecule has 0 aliphatic carbocycles. The highest BCUT2D eigenvalue weighted by molar-refractivity contribution is 7.86. The van der Waals surface area contributed by atoms with Gasteiger partial charge in [-0.3, -0.25) is 0 Å². The molecule has 76 heavy (non-hydrogen) atoms. The predicted molar refractivity (Wildman–Crippen MR) is 324 cm³/mol. The summed E-state index contributed by atoms with van der Waals surface area (Å²) in [7, 11) is -6.96. The molecule has 0 atom stereocenters. The summed E-state index contributed by atoms with van der Waals surface area (Å²) in [6.45, 7) is 17.7. The molecule has 6 nitrogen and oxygen atoms in total. The summed E-state index contributed by atoms with van der Waals surface area (Å²) in [5, 5.41) is 4.62. The fourth-order valence-electron chi connectivity index (χ4n) is 12.2. The molecule has 0 unspecified atom stereocenters. The lowest BCUT2D eigenvalue weighted by atomic mass is 9.93. The fourth-order valence-corrected chi connectivity index (χ4v) is 17.9. The first-order valence-electron chi connectivity index (χ1n) is 26.8. The van der Waals surface area contributed by atoms with E-state index < -0.39 is 14.3 Å². The van der Waals surface area contributed by atoms with Crippen LogP contribution < -0.4 is 31.8 Å². The zero-order valence-electron chi connectivity index (χ0n) is 44.8. The summed E-state index contributed by atoms with van der Waals surface area (Å²) in [5.74, 6) is 0. The lowest BCUT2D eigenvalue weighted by Gasteiger charge is -2.24. The average molecular weight is 1030 g/mol. The summed E-state index contributed by atoms with van der Waals surface area (Å²) >= 11 is 0. The molecule has 11 rings (SSSR count). The third kappa shape index (κ3) is 8.17. The molecule has 9 aromatic rings. The maximum atomic E-state index is 16.6. The van der Waals surface area contributed by atoms with Crippen LogP contribution in [-0.4, -0.2) is 19.9 Å². The molecule has 2 N–H and O–H groups in total. The average Bonchev–Trinajstić information content (AvgIpc) is 4.16. The number of fused-ring (bicyclic) bond motifs is 8. The third-order valence-electron chi connectivity index (χ3n) is 16.0. The Bertz CT molecular complexity index is 3870. The van der Waals surface area contributed by atoms with Crippen LogP contribution in [0, 0.1) is 13.8 Å². The van der Waals surface area contributed by atoms with Crippen molar-refractivity contribution < 1.29 is 9.13 Å². The van der Waals surface area contributed by atoms with E-state index in [1.807, 2.05) is 133 Å². The van der Waals surface area contributed by atoms with E-state index in [0.29, 0.717) is 0 Å². The molecule has 2 aliphatic heterocycles. The highest BCUT2D eigenvalue weighted by Gasteiger charge is 2.36. The Labute approximate surface area is 447 Å². The van der Waals surface area contributed by atoms with E-state index in [-0.39, 0.29) is 0 Å². The van der Waals surface area contributed by atoms with Crippen molar-refractivity contribution in [3.63, 3.8) is 0 Å². The lowest BCUT2D eigenvalue weighted by Crippen LogP contribution is -2.26. The van der Waals surface area contributed by atoms with Gasteiger partial charge in [-0.05, 0) is 121 Å². The third-order valence-corrected chi connectivity index (χ3v) is 22.2. The van der Waals surface area contributed by atoms with Gasteiger partial charge in [0.1, 0.15) is 0 Å². The van der Waals surface area contributed by atoms with Crippen LogP contribution in [0.3, 0.4) is 0 Å². The number of nitrogens with one attached hydrogen (secondary N) is 2. The second kappa shape index (κ2) is 20.5. The second-order valence-electron chi connectivity index (χ2n) is 20.0. The number of aromatic amines is 2. The Morgan fingerprint density at radius 3 is 1.04 bits per heavy atom. The smallest absolute Gasteiger partial charge is 0.171 e. The van der Waals surface area contributed by atoms with E-state index in [1.165, 1.54) is 11.1 Å². The van der Waals surface area contributed by atoms with Gasteiger partial charge < -0.3 is 19.1 Å². The van der Waals surface area contributed by atoms with Gasteiger partial charge in [0.2, 0.25) is 0 Å². The van der Waals surface area contributed by atoms with E-state index in [4.69, 9.17) is 9.97 Å². The molecule has 0 amide bonds. The van der Waals surface area contributed by atoms with Gasteiger partial charge in [-0.15, -0.1) is 0 Å². The van der Waals surface area contributed by atoms with Crippen LogP contribution >= 0.6 is 14.3 Å². The Hall–Kier alpha value is -7.62. The first-order chi connectivity index (χ1) is 37.0. The molecular formula is C68H64N4O2P2. The van der Waals surface area contributed by atoms with Crippen LogP contribution in [0.25, 0.3) is 66.6 Å². The number of H-pyrrole nitrogens is 2. The first-order valence-corrected chi connectivity index (χ1v) is 30.2. The number of nitrogens with zero attached hydrogens (tertiary/aromatic N) is 2. The zero-order chi connectivity index (χ0) is 52.9. The van der Waals surface area contributed by atoms with Crippen molar-refractivity contribution in [1.29, 1.82) is 0 Å².